The second-order valence-corrected chi connectivity index (χ2v) is 5.47. The largest absolute Gasteiger partial charge is 0.483 e. The Morgan fingerprint density at radius 1 is 1.13 bits per heavy atom. The maximum absolute atomic E-state index is 11.9. The van der Waals surface area contributed by atoms with Crippen molar-refractivity contribution in [3.05, 3.63) is 65.4 Å². The van der Waals surface area contributed by atoms with Crippen LogP contribution in [-0.4, -0.2) is 17.5 Å². The molecular formula is C17H14BrClN2O2. The van der Waals surface area contributed by atoms with Gasteiger partial charge in [0, 0.05) is 6.20 Å². The average Bonchev–Trinajstić information content (AvgIpc) is 2.55. The molecule has 3 aromatic rings. The van der Waals surface area contributed by atoms with E-state index in [4.69, 9.17) is 4.74 Å². The molecule has 1 heterocycles. The topological polar surface area (TPSA) is 51.2 Å². The Balaban J connectivity index is 0.00000192. The van der Waals surface area contributed by atoms with Gasteiger partial charge in [0.25, 0.3) is 5.91 Å². The van der Waals surface area contributed by atoms with Gasteiger partial charge in [-0.2, -0.15) is 0 Å². The van der Waals surface area contributed by atoms with Gasteiger partial charge in [0.05, 0.1) is 16.4 Å². The van der Waals surface area contributed by atoms with Gasteiger partial charge >= 0.3 is 0 Å². The first-order chi connectivity index (χ1) is 10.7. The highest BCUT2D eigenvalue weighted by Gasteiger charge is 2.08. The van der Waals surface area contributed by atoms with Crippen molar-refractivity contribution in [3.63, 3.8) is 0 Å². The summed E-state index contributed by atoms with van der Waals surface area (Å²) in [5, 5.41) is 4.89. The number of benzene rings is 2. The maximum Gasteiger partial charge on any atom is 0.262 e. The average molecular weight is 394 g/mol. The number of anilines is 1. The van der Waals surface area contributed by atoms with Crippen LogP contribution in [0.3, 0.4) is 0 Å². The van der Waals surface area contributed by atoms with Crippen LogP contribution >= 0.6 is 28.3 Å². The van der Waals surface area contributed by atoms with E-state index in [1.165, 1.54) is 0 Å². The molecule has 0 spiro atoms. The van der Waals surface area contributed by atoms with Crippen molar-refractivity contribution in [2.45, 2.75) is 0 Å². The molecule has 3 rings (SSSR count). The number of aromatic nitrogens is 1. The van der Waals surface area contributed by atoms with Gasteiger partial charge in [0.2, 0.25) is 0 Å². The molecule has 0 saturated heterocycles. The van der Waals surface area contributed by atoms with Gasteiger partial charge in [-0.15, -0.1) is 12.4 Å². The molecule has 118 valence electrons. The third kappa shape index (κ3) is 4.21. The summed E-state index contributed by atoms with van der Waals surface area (Å²) in [6, 6.07) is 15.3. The van der Waals surface area contributed by atoms with Gasteiger partial charge in [-0.1, -0.05) is 30.3 Å². The summed E-state index contributed by atoms with van der Waals surface area (Å²) in [4.78, 5) is 15.8. The van der Waals surface area contributed by atoms with E-state index in [0.29, 0.717) is 11.4 Å². The van der Waals surface area contributed by atoms with Crippen LogP contribution in [0.2, 0.25) is 0 Å². The first-order valence-corrected chi connectivity index (χ1v) is 7.53. The first-order valence-electron chi connectivity index (χ1n) is 6.74. The van der Waals surface area contributed by atoms with Crippen molar-refractivity contribution in [1.29, 1.82) is 0 Å². The Kier molecular flexibility index (Phi) is 5.96. The second kappa shape index (κ2) is 7.94. The standard InChI is InChI=1S/C17H13BrN2O2.ClH/c18-17-14-6-2-1-4-12(14)7-8-15(17)22-11-16(21)20-13-5-3-9-19-10-13;/h1-10H,11H2,(H,20,21);1H. The number of amides is 1. The van der Waals surface area contributed by atoms with E-state index in [1.807, 2.05) is 36.4 Å². The highest BCUT2D eigenvalue weighted by molar-refractivity contribution is 9.10. The van der Waals surface area contributed by atoms with E-state index in [1.54, 1.807) is 24.5 Å². The highest BCUT2D eigenvalue weighted by Crippen LogP contribution is 2.32. The van der Waals surface area contributed by atoms with Crippen molar-refractivity contribution in [2.75, 3.05) is 11.9 Å². The number of halogens is 2. The number of hydrogen-bond acceptors (Lipinski definition) is 3. The number of carbonyl (C=O) groups is 1. The quantitative estimate of drug-likeness (QED) is 0.713. The molecule has 0 bridgehead atoms. The summed E-state index contributed by atoms with van der Waals surface area (Å²) < 4.78 is 6.45. The van der Waals surface area contributed by atoms with Gasteiger partial charge in [-0.25, -0.2) is 0 Å². The molecule has 0 atom stereocenters. The number of pyridine rings is 1. The third-order valence-electron chi connectivity index (χ3n) is 3.13. The summed E-state index contributed by atoms with van der Waals surface area (Å²) >= 11 is 3.53. The fourth-order valence-electron chi connectivity index (χ4n) is 2.10. The first kappa shape index (κ1) is 17.2. The fraction of sp³-hybridized carbons (Fsp3) is 0.0588. The zero-order valence-corrected chi connectivity index (χ0v) is 14.4. The molecule has 0 radical (unpaired) electrons. The fourth-order valence-corrected chi connectivity index (χ4v) is 2.71. The lowest BCUT2D eigenvalue weighted by Crippen LogP contribution is -2.20. The van der Waals surface area contributed by atoms with Crippen LogP contribution in [0.4, 0.5) is 5.69 Å². The summed E-state index contributed by atoms with van der Waals surface area (Å²) in [7, 11) is 0. The van der Waals surface area contributed by atoms with Gasteiger partial charge in [0.15, 0.2) is 6.61 Å². The molecule has 0 fully saturated rings. The third-order valence-corrected chi connectivity index (χ3v) is 3.95. The molecule has 2 aromatic carbocycles. The van der Waals surface area contributed by atoms with Crippen molar-refractivity contribution in [2.24, 2.45) is 0 Å². The lowest BCUT2D eigenvalue weighted by atomic mass is 10.1. The van der Waals surface area contributed by atoms with E-state index < -0.39 is 0 Å². The zero-order valence-electron chi connectivity index (χ0n) is 12.0. The summed E-state index contributed by atoms with van der Waals surface area (Å²) in [6.07, 6.45) is 3.24. The van der Waals surface area contributed by atoms with Gasteiger partial charge in [0.1, 0.15) is 5.75 Å². The number of fused-ring (bicyclic) bond motifs is 1. The Hall–Kier alpha value is -2.11. The number of nitrogens with zero attached hydrogens (tertiary/aromatic N) is 1. The van der Waals surface area contributed by atoms with Crippen LogP contribution in [-0.2, 0) is 4.79 Å². The summed E-state index contributed by atoms with van der Waals surface area (Å²) in [5.41, 5.74) is 0.647. The van der Waals surface area contributed by atoms with Gasteiger partial charge < -0.3 is 10.1 Å². The van der Waals surface area contributed by atoms with Crippen LogP contribution in [0.5, 0.6) is 5.75 Å². The van der Waals surface area contributed by atoms with Crippen molar-refractivity contribution in [1.82, 2.24) is 4.98 Å². The normalized spacial score (nSPS) is 9.96. The molecule has 0 aliphatic rings. The molecule has 0 unspecified atom stereocenters. The Bertz CT molecular complexity index is 812. The molecule has 0 aliphatic carbocycles. The molecule has 1 N–H and O–H groups in total. The van der Waals surface area contributed by atoms with Gasteiger partial charge in [-0.3, -0.25) is 9.78 Å². The van der Waals surface area contributed by atoms with E-state index in [-0.39, 0.29) is 24.9 Å². The van der Waals surface area contributed by atoms with Crippen LogP contribution < -0.4 is 10.1 Å². The number of ether oxygens (including phenoxy) is 1. The lowest BCUT2D eigenvalue weighted by Gasteiger charge is -2.10. The van der Waals surface area contributed by atoms with Crippen LogP contribution in [0.1, 0.15) is 0 Å². The molecule has 4 nitrogen and oxygen atoms in total. The number of carbonyl (C=O) groups excluding carboxylic acids is 1. The van der Waals surface area contributed by atoms with Crippen LogP contribution in [0, 0.1) is 0 Å². The summed E-state index contributed by atoms with van der Waals surface area (Å²) in [5.74, 6) is 0.410. The minimum absolute atomic E-state index is 0. The van der Waals surface area contributed by atoms with Gasteiger partial charge in [-0.05, 0) is 44.9 Å². The molecule has 6 heteroatoms. The van der Waals surface area contributed by atoms with Crippen molar-refractivity contribution in [3.8, 4) is 5.75 Å². The highest BCUT2D eigenvalue weighted by atomic mass is 79.9. The van der Waals surface area contributed by atoms with E-state index in [2.05, 4.69) is 26.2 Å². The zero-order chi connectivity index (χ0) is 15.4. The predicted octanol–water partition coefficient (Wildman–Crippen LogP) is 4.44. The summed E-state index contributed by atoms with van der Waals surface area (Å²) in [6.45, 7) is -0.0637. The molecular weight excluding hydrogens is 380 g/mol. The lowest BCUT2D eigenvalue weighted by molar-refractivity contribution is -0.118. The van der Waals surface area contributed by atoms with Crippen molar-refractivity contribution < 1.29 is 9.53 Å². The monoisotopic (exact) mass is 392 g/mol. The second-order valence-electron chi connectivity index (χ2n) is 4.68. The Morgan fingerprint density at radius 3 is 2.74 bits per heavy atom. The minimum Gasteiger partial charge on any atom is -0.483 e. The molecule has 1 amide bonds. The maximum atomic E-state index is 11.9. The molecule has 23 heavy (non-hydrogen) atoms. The molecule has 1 aromatic heterocycles. The smallest absolute Gasteiger partial charge is 0.262 e. The van der Waals surface area contributed by atoms with E-state index in [0.717, 1.165) is 15.2 Å². The molecule has 0 aliphatic heterocycles. The van der Waals surface area contributed by atoms with Crippen LogP contribution in [0.15, 0.2) is 65.4 Å². The number of nitrogens with one attached hydrogen (secondary N) is 1. The minimum atomic E-state index is -0.229. The molecule has 0 saturated carbocycles. The Labute approximate surface area is 148 Å². The Morgan fingerprint density at radius 2 is 1.96 bits per heavy atom. The van der Waals surface area contributed by atoms with Crippen molar-refractivity contribution >= 4 is 50.7 Å². The van der Waals surface area contributed by atoms with E-state index >= 15 is 0 Å². The number of hydrogen-bond donors (Lipinski definition) is 1. The van der Waals surface area contributed by atoms with E-state index in [9.17, 15) is 4.79 Å². The predicted molar refractivity (Wildman–Crippen MR) is 97.3 cm³/mol. The number of rotatable bonds is 4. The van der Waals surface area contributed by atoms with Crippen LogP contribution in [0.25, 0.3) is 10.8 Å². The SMILES string of the molecule is Cl.O=C(COc1ccc2ccccc2c1Br)Nc1cccnc1.